The van der Waals surface area contributed by atoms with Gasteiger partial charge in [0.1, 0.15) is 5.82 Å². The first-order chi connectivity index (χ1) is 15.9. The predicted molar refractivity (Wildman–Crippen MR) is 121 cm³/mol. The zero-order chi connectivity index (χ0) is 23.6. The minimum atomic E-state index is -0.697. The Kier molecular flexibility index (Phi) is 8.82. The summed E-state index contributed by atoms with van der Waals surface area (Å²) in [6.45, 7) is 0.632. The molecule has 2 aromatic carbocycles. The van der Waals surface area contributed by atoms with Crippen molar-refractivity contribution in [1.29, 1.82) is 0 Å². The van der Waals surface area contributed by atoms with Crippen LogP contribution in [0.2, 0.25) is 0 Å². The van der Waals surface area contributed by atoms with Gasteiger partial charge in [0.25, 0.3) is 5.91 Å². The van der Waals surface area contributed by atoms with Crippen molar-refractivity contribution in [2.75, 3.05) is 37.3 Å². The zero-order valence-electron chi connectivity index (χ0n) is 17.8. The van der Waals surface area contributed by atoms with Crippen LogP contribution < -0.4 is 10.6 Å². The Morgan fingerprint density at radius 2 is 1.67 bits per heavy atom. The Hall–Kier alpha value is -3.40. The number of benzene rings is 2. The standard InChI is InChI=1S/C23H24FN3O5S/c24-16-7-9-17(10-8-16)26-20(28)13-25-21(29)14-32-23(31)18-5-1-2-6-19(18)33-15-22(30)27-11-3-4-12-27/h1-2,5-10H,3-4,11-15H2,(H,25,29)(H,26,28). The third kappa shape index (κ3) is 7.60. The van der Waals surface area contributed by atoms with Gasteiger partial charge < -0.3 is 20.3 Å². The molecule has 0 spiro atoms. The number of esters is 1. The molecule has 0 aliphatic carbocycles. The topological polar surface area (TPSA) is 105 Å². The lowest BCUT2D eigenvalue weighted by Crippen LogP contribution is -2.35. The van der Waals surface area contributed by atoms with E-state index in [0.717, 1.165) is 25.9 Å². The number of anilines is 1. The van der Waals surface area contributed by atoms with Gasteiger partial charge in [0.2, 0.25) is 11.8 Å². The van der Waals surface area contributed by atoms with E-state index in [-0.39, 0.29) is 23.8 Å². The first-order valence-electron chi connectivity index (χ1n) is 10.4. The first kappa shape index (κ1) is 24.2. The first-order valence-corrected chi connectivity index (χ1v) is 11.4. The molecule has 0 bridgehead atoms. The number of hydrogen-bond donors (Lipinski definition) is 2. The summed E-state index contributed by atoms with van der Waals surface area (Å²) in [5.41, 5.74) is 0.651. The highest BCUT2D eigenvalue weighted by Gasteiger charge is 2.20. The number of likely N-dealkylation sites (tertiary alicyclic amines) is 1. The van der Waals surface area contributed by atoms with Crippen LogP contribution in [0.5, 0.6) is 0 Å². The van der Waals surface area contributed by atoms with Crippen LogP contribution in [0.1, 0.15) is 23.2 Å². The van der Waals surface area contributed by atoms with Crippen molar-refractivity contribution in [3.8, 4) is 0 Å². The number of thioether (sulfide) groups is 1. The van der Waals surface area contributed by atoms with E-state index in [0.29, 0.717) is 10.6 Å². The maximum atomic E-state index is 12.9. The maximum Gasteiger partial charge on any atom is 0.339 e. The van der Waals surface area contributed by atoms with Gasteiger partial charge in [0.15, 0.2) is 6.61 Å². The van der Waals surface area contributed by atoms with Crippen LogP contribution in [0, 0.1) is 5.82 Å². The fourth-order valence-electron chi connectivity index (χ4n) is 3.14. The highest BCUT2D eigenvalue weighted by molar-refractivity contribution is 8.00. The minimum absolute atomic E-state index is 0.0268. The largest absolute Gasteiger partial charge is 0.452 e. The molecule has 33 heavy (non-hydrogen) atoms. The monoisotopic (exact) mass is 473 g/mol. The molecule has 0 radical (unpaired) electrons. The van der Waals surface area contributed by atoms with Crippen molar-refractivity contribution in [1.82, 2.24) is 10.2 Å². The van der Waals surface area contributed by atoms with Gasteiger partial charge in [-0.3, -0.25) is 14.4 Å². The normalized spacial score (nSPS) is 12.8. The van der Waals surface area contributed by atoms with E-state index < -0.39 is 30.2 Å². The van der Waals surface area contributed by atoms with Crippen molar-refractivity contribution in [2.24, 2.45) is 0 Å². The van der Waals surface area contributed by atoms with E-state index in [1.807, 2.05) is 4.90 Å². The van der Waals surface area contributed by atoms with Gasteiger partial charge in [-0.05, 0) is 49.2 Å². The Morgan fingerprint density at radius 3 is 2.39 bits per heavy atom. The number of carbonyl (C=O) groups is 4. The third-order valence-electron chi connectivity index (χ3n) is 4.83. The van der Waals surface area contributed by atoms with Crippen LogP contribution in [-0.4, -0.2) is 60.6 Å². The maximum absolute atomic E-state index is 12.9. The fraction of sp³-hybridized carbons (Fsp3) is 0.304. The second kappa shape index (κ2) is 12.0. The van der Waals surface area contributed by atoms with Crippen LogP contribution in [0.3, 0.4) is 0 Å². The number of amides is 3. The lowest BCUT2D eigenvalue weighted by Gasteiger charge is -2.15. The van der Waals surface area contributed by atoms with Crippen molar-refractivity contribution in [3.05, 3.63) is 59.9 Å². The van der Waals surface area contributed by atoms with E-state index in [2.05, 4.69) is 10.6 Å². The van der Waals surface area contributed by atoms with Gasteiger partial charge in [-0.15, -0.1) is 11.8 Å². The molecule has 1 aliphatic rings. The Labute approximate surface area is 194 Å². The lowest BCUT2D eigenvalue weighted by atomic mass is 10.2. The summed E-state index contributed by atoms with van der Waals surface area (Å²) in [4.78, 5) is 50.9. The molecule has 8 nitrogen and oxygen atoms in total. The van der Waals surface area contributed by atoms with Gasteiger partial charge >= 0.3 is 5.97 Å². The van der Waals surface area contributed by atoms with E-state index in [9.17, 15) is 23.6 Å². The molecule has 0 unspecified atom stereocenters. The van der Waals surface area contributed by atoms with Crippen LogP contribution in [0.25, 0.3) is 0 Å². The number of nitrogens with one attached hydrogen (secondary N) is 2. The Balaban J connectivity index is 1.43. The molecule has 0 atom stereocenters. The molecule has 0 saturated carbocycles. The molecule has 1 saturated heterocycles. The second-order valence-electron chi connectivity index (χ2n) is 7.28. The molecule has 3 rings (SSSR count). The molecular weight excluding hydrogens is 449 g/mol. The summed E-state index contributed by atoms with van der Waals surface area (Å²) in [5, 5.41) is 4.85. The molecule has 1 aliphatic heterocycles. The molecule has 1 heterocycles. The molecule has 174 valence electrons. The molecule has 2 aromatic rings. The van der Waals surface area contributed by atoms with E-state index in [1.165, 1.54) is 36.0 Å². The summed E-state index contributed by atoms with van der Waals surface area (Å²) in [7, 11) is 0. The average Bonchev–Trinajstić information content (AvgIpc) is 3.36. The van der Waals surface area contributed by atoms with E-state index in [1.54, 1.807) is 24.3 Å². The SMILES string of the molecule is O=C(COC(=O)c1ccccc1SCC(=O)N1CCCC1)NCC(=O)Nc1ccc(F)cc1. The van der Waals surface area contributed by atoms with Gasteiger partial charge in [-0.2, -0.15) is 0 Å². The van der Waals surface area contributed by atoms with Gasteiger partial charge in [0.05, 0.1) is 17.9 Å². The second-order valence-corrected chi connectivity index (χ2v) is 8.30. The molecule has 3 amide bonds. The highest BCUT2D eigenvalue weighted by atomic mass is 32.2. The Morgan fingerprint density at radius 1 is 0.970 bits per heavy atom. The lowest BCUT2D eigenvalue weighted by molar-refractivity contribution is -0.127. The summed E-state index contributed by atoms with van der Waals surface area (Å²) >= 11 is 1.25. The molecular formula is C23H24FN3O5S. The summed E-state index contributed by atoms with van der Waals surface area (Å²) < 4.78 is 18.0. The number of hydrogen-bond acceptors (Lipinski definition) is 6. The Bertz CT molecular complexity index is 1010. The summed E-state index contributed by atoms with van der Waals surface area (Å²) in [5.74, 6) is -2.04. The van der Waals surface area contributed by atoms with E-state index >= 15 is 0 Å². The van der Waals surface area contributed by atoms with Crippen LogP contribution >= 0.6 is 11.8 Å². The van der Waals surface area contributed by atoms with Crippen molar-refractivity contribution in [2.45, 2.75) is 17.7 Å². The minimum Gasteiger partial charge on any atom is -0.452 e. The number of halogens is 1. The summed E-state index contributed by atoms with van der Waals surface area (Å²) in [6, 6.07) is 11.9. The van der Waals surface area contributed by atoms with Crippen molar-refractivity contribution >= 4 is 41.1 Å². The van der Waals surface area contributed by atoms with Gasteiger partial charge in [-0.1, -0.05) is 12.1 Å². The number of rotatable bonds is 9. The van der Waals surface area contributed by atoms with Gasteiger partial charge in [-0.25, -0.2) is 9.18 Å². The molecule has 2 N–H and O–H groups in total. The van der Waals surface area contributed by atoms with Crippen molar-refractivity contribution in [3.63, 3.8) is 0 Å². The van der Waals surface area contributed by atoms with E-state index in [4.69, 9.17) is 4.74 Å². The quantitative estimate of drug-likeness (QED) is 0.428. The predicted octanol–water partition coefficient (Wildman–Crippen LogP) is 2.45. The van der Waals surface area contributed by atoms with Crippen molar-refractivity contribution < 1.29 is 28.3 Å². The number of nitrogens with zero attached hydrogens (tertiary/aromatic N) is 1. The number of carbonyl (C=O) groups excluding carboxylic acids is 4. The van der Waals surface area contributed by atoms with Crippen LogP contribution in [0.15, 0.2) is 53.4 Å². The average molecular weight is 474 g/mol. The van der Waals surface area contributed by atoms with Gasteiger partial charge in [0, 0.05) is 23.7 Å². The third-order valence-corrected chi connectivity index (χ3v) is 5.88. The fourth-order valence-corrected chi connectivity index (χ4v) is 4.08. The number of ether oxygens (including phenoxy) is 1. The molecule has 10 heteroatoms. The summed E-state index contributed by atoms with van der Waals surface area (Å²) in [6.07, 6.45) is 2.02. The zero-order valence-corrected chi connectivity index (χ0v) is 18.7. The van der Waals surface area contributed by atoms with Crippen LogP contribution in [-0.2, 0) is 19.1 Å². The molecule has 0 aromatic heterocycles. The highest BCUT2D eigenvalue weighted by Crippen LogP contribution is 2.24. The van der Waals surface area contributed by atoms with Crippen LogP contribution in [0.4, 0.5) is 10.1 Å². The smallest absolute Gasteiger partial charge is 0.339 e. The molecule has 1 fully saturated rings.